The van der Waals surface area contributed by atoms with Crippen molar-refractivity contribution in [1.29, 1.82) is 0 Å². The molecule has 0 aromatic carbocycles. The summed E-state index contributed by atoms with van der Waals surface area (Å²) < 4.78 is 12.6. The fraction of sp³-hybridized carbons (Fsp3) is 1.00. The normalized spacial score (nSPS) is 12.9. The van der Waals surface area contributed by atoms with Gasteiger partial charge in [-0.3, -0.25) is 0 Å². The van der Waals surface area contributed by atoms with E-state index >= 15 is 0 Å². The van der Waals surface area contributed by atoms with Crippen molar-refractivity contribution >= 4 is 8.56 Å². The number of nitrogens with zero attached hydrogens (tertiary/aromatic N) is 3. The quantitative estimate of drug-likeness (QED) is 0.0840. The largest absolute Gasteiger partial charge is 0.398 e. The van der Waals surface area contributed by atoms with E-state index in [-0.39, 0.29) is 0 Å². The lowest BCUT2D eigenvalue weighted by molar-refractivity contribution is 0.149. The zero-order valence-corrected chi connectivity index (χ0v) is 29.4. The monoisotopic (exact) mass is 572 g/mol. The molecule has 236 valence electrons. The summed E-state index contributed by atoms with van der Waals surface area (Å²) in [6, 6.07) is 2.18. The Kier molecular flexibility index (Phi) is 24.6. The molecule has 0 aromatic rings. The van der Waals surface area contributed by atoms with Gasteiger partial charge in [0.1, 0.15) is 0 Å². The van der Waals surface area contributed by atoms with Gasteiger partial charge < -0.3 is 23.6 Å². The molecular weight excluding hydrogens is 498 g/mol. The maximum Gasteiger partial charge on any atom is 0.337 e. The van der Waals surface area contributed by atoms with Crippen LogP contribution in [0.4, 0.5) is 0 Å². The molecule has 0 aliphatic rings. The predicted octanol–water partition coefficient (Wildman–Crippen LogP) is 8.43. The average Bonchev–Trinajstić information content (AvgIpc) is 2.92. The van der Waals surface area contributed by atoms with Gasteiger partial charge in [0.05, 0.1) is 0 Å². The van der Waals surface area contributed by atoms with Crippen LogP contribution in [0.5, 0.6) is 0 Å². The van der Waals surface area contributed by atoms with Gasteiger partial charge in [0, 0.05) is 14.2 Å². The Balaban J connectivity index is 5.92. The number of hydrogen-bond acceptors (Lipinski definition) is 5. The first-order valence-corrected chi connectivity index (χ1v) is 19.4. The van der Waals surface area contributed by atoms with Gasteiger partial charge in [-0.1, -0.05) is 48.5 Å². The van der Waals surface area contributed by atoms with E-state index in [1.54, 1.807) is 0 Å². The Morgan fingerprint density at radius 1 is 0.462 bits per heavy atom. The maximum atomic E-state index is 6.29. The SMILES string of the molecule is CCCN(CCC)CCCC(CCCN(CCC)CCC)(CCCN(CCC)CCC)C[Si](CC)(OC)OC. The van der Waals surface area contributed by atoms with Crippen molar-refractivity contribution < 1.29 is 8.85 Å². The minimum Gasteiger partial charge on any atom is -0.398 e. The molecule has 0 heterocycles. The van der Waals surface area contributed by atoms with Crippen LogP contribution in [0.3, 0.4) is 0 Å². The Morgan fingerprint density at radius 3 is 0.949 bits per heavy atom. The molecule has 39 heavy (non-hydrogen) atoms. The van der Waals surface area contributed by atoms with Crippen LogP contribution in [0.15, 0.2) is 0 Å². The summed E-state index contributed by atoms with van der Waals surface area (Å²) in [5.41, 5.74) is 0.312. The first-order chi connectivity index (χ1) is 18.9. The molecule has 0 amide bonds. The lowest BCUT2D eigenvalue weighted by Gasteiger charge is -2.41. The summed E-state index contributed by atoms with van der Waals surface area (Å²) in [5.74, 6) is 0. The smallest absolute Gasteiger partial charge is 0.337 e. The highest BCUT2D eigenvalue weighted by Gasteiger charge is 2.43. The molecule has 0 fully saturated rings. The third-order valence-electron chi connectivity index (χ3n) is 8.71. The summed E-state index contributed by atoms with van der Waals surface area (Å²) in [6.45, 7) is 27.3. The van der Waals surface area contributed by atoms with Crippen molar-refractivity contribution in [2.75, 3.05) is 73.1 Å². The van der Waals surface area contributed by atoms with Crippen LogP contribution < -0.4 is 0 Å². The minimum atomic E-state index is -2.22. The second-order valence-electron chi connectivity index (χ2n) is 12.2. The Bertz CT molecular complexity index is 452. The second-order valence-corrected chi connectivity index (χ2v) is 15.9. The molecule has 0 saturated carbocycles. The van der Waals surface area contributed by atoms with Gasteiger partial charge in [0.25, 0.3) is 0 Å². The molecule has 0 atom stereocenters. The molecule has 5 nitrogen and oxygen atoms in total. The fourth-order valence-electron chi connectivity index (χ4n) is 6.79. The van der Waals surface area contributed by atoms with E-state index < -0.39 is 8.56 Å². The van der Waals surface area contributed by atoms with E-state index in [9.17, 15) is 0 Å². The minimum absolute atomic E-state index is 0.312. The molecule has 0 rings (SSSR count). The fourth-order valence-corrected chi connectivity index (χ4v) is 9.75. The van der Waals surface area contributed by atoms with E-state index in [0.29, 0.717) is 5.41 Å². The topological polar surface area (TPSA) is 28.2 Å². The van der Waals surface area contributed by atoms with E-state index in [0.717, 1.165) is 12.1 Å². The molecule has 0 radical (unpaired) electrons. The van der Waals surface area contributed by atoms with E-state index in [4.69, 9.17) is 8.85 Å². The molecule has 6 heteroatoms. The van der Waals surface area contributed by atoms with Gasteiger partial charge in [-0.25, -0.2) is 0 Å². The Morgan fingerprint density at radius 2 is 0.744 bits per heavy atom. The highest BCUT2D eigenvalue weighted by Crippen LogP contribution is 2.44. The second kappa shape index (κ2) is 24.6. The number of rotatable bonds is 29. The van der Waals surface area contributed by atoms with E-state index in [1.165, 1.54) is 136 Å². The molecule has 0 saturated heterocycles. The van der Waals surface area contributed by atoms with Crippen molar-refractivity contribution in [3.63, 3.8) is 0 Å². The lowest BCUT2D eigenvalue weighted by Crippen LogP contribution is -2.45. The highest BCUT2D eigenvalue weighted by atomic mass is 28.4. The third kappa shape index (κ3) is 16.9. The van der Waals surface area contributed by atoms with Crippen LogP contribution in [0.1, 0.15) is 126 Å². The molecule has 0 spiro atoms. The van der Waals surface area contributed by atoms with Gasteiger partial charge in [0.15, 0.2) is 0 Å². The first-order valence-electron chi connectivity index (χ1n) is 17.1. The van der Waals surface area contributed by atoms with E-state index in [1.807, 2.05) is 14.2 Å². The van der Waals surface area contributed by atoms with E-state index in [2.05, 4.69) is 63.2 Å². The van der Waals surface area contributed by atoms with Gasteiger partial charge in [-0.05, 0) is 153 Å². The molecule has 0 aliphatic heterocycles. The number of hydrogen-bond donors (Lipinski definition) is 0. The van der Waals surface area contributed by atoms with Crippen LogP contribution in [0.25, 0.3) is 0 Å². The van der Waals surface area contributed by atoms with Crippen LogP contribution in [-0.2, 0) is 8.85 Å². The van der Waals surface area contributed by atoms with Crippen molar-refractivity contribution in [3.05, 3.63) is 0 Å². The van der Waals surface area contributed by atoms with Crippen molar-refractivity contribution in [3.8, 4) is 0 Å². The maximum absolute atomic E-state index is 6.29. The molecule has 0 N–H and O–H groups in total. The summed E-state index contributed by atoms with van der Waals surface area (Å²) in [5, 5.41) is 0. The lowest BCUT2D eigenvalue weighted by atomic mass is 9.76. The summed E-state index contributed by atoms with van der Waals surface area (Å²) in [6.07, 6.45) is 15.3. The van der Waals surface area contributed by atoms with Crippen molar-refractivity contribution in [2.45, 2.75) is 138 Å². The molecule has 0 unspecified atom stereocenters. The highest BCUT2D eigenvalue weighted by molar-refractivity contribution is 6.67. The average molecular weight is 572 g/mol. The van der Waals surface area contributed by atoms with Crippen LogP contribution in [0, 0.1) is 5.41 Å². The standard InChI is InChI=1S/C33H73N3O2Si/c1-10-23-34(24-11-2)29-17-20-33(32-39(16-7,37-8)38-9,21-18-30-35(25-12-3)26-13-4)22-19-31-36(27-14-5)28-15-6/h10-32H2,1-9H3. The molecular formula is C33H73N3O2Si. The van der Waals surface area contributed by atoms with Crippen LogP contribution in [-0.4, -0.2) is 96.4 Å². The summed E-state index contributed by atoms with van der Waals surface area (Å²) in [4.78, 5) is 8.11. The molecule has 0 bridgehead atoms. The zero-order chi connectivity index (χ0) is 29.4. The van der Waals surface area contributed by atoms with Gasteiger partial charge >= 0.3 is 8.56 Å². The van der Waals surface area contributed by atoms with Crippen LogP contribution >= 0.6 is 0 Å². The van der Waals surface area contributed by atoms with Gasteiger partial charge in [-0.15, -0.1) is 0 Å². The predicted molar refractivity (Wildman–Crippen MR) is 176 cm³/mol. The first kappa shape index (κ1) is 39.0. The summed E-state index contributed by atoms with van der Waals surface area (Å²) in [7, 11) is 1.62. The zero-order valence-electron chi connectivity index (χ0n) is 28.4. The van der Waals surface area contributed by atoms with Gasteiger partial charge in [0.2, 0.25) is 0 Å². The molecule has 0 aromatic heterocycles. The Hall–Kier alpha value is 0.0169. The summed E-state index contributed by atoms with van der Waals surface area (Å²) >= 11 is 0. The van der Waals surface area contributed by atoms with Gasteiger partial charge in [-0.2, -0.15) is 0 Å². The van der Waals surface area contributed by atoms with Crippen LogP contribution in [0.2, 0.25) is 12.1 Å². The van der Waals surface area contributed by atoms with Crippen molar-refractivity contribution in [1.82, 2.24) is 14.7 Å². The third-order valence-corrected chi connectivity index (χ3v) is 12.6. The van der Waals surface area contributed by atoms with Crippen molar-refractivity contribution in [2.24, 2.45) is 5.41 Å². The Labute approximate surface area is 248 Å². The molecule has 0 aliphatic carbocycles.